The van der Waals surface area contributed by atoms with E-state index in [1.54, 1.807) is 6.92 Å². The molecule has 0 aliphatic heterocycles. The van der Waals surface area contributed by atoms with Crippen molar-refractivity contribution in [3.8, 4) is 5.75 Å². The van der Waals surface area contributed by atoms with Gasteiger partial charge in [-0.3, -0.25) is 9.63 Å². The molecule has 1 unspecified atom stereocenters. The number of ether oxygens (including phenoxy) is 1. The standard InChI is InChI=1S/C18H19F3N2O5S/c1-12(13-7-9-15(10-8-13)28-18(19,20)21)22-17(24)14-5-4-6-16(11-14)29(25,26)23(2)27-3/h4-12H,1-3H3,(H,22,24). The van der Waals surface area contributed by atoms with Crippen molar-refractivity contribution >= 4 is 15.9 Å². The summed E-state index contributed by atoms with van der Waals surface area (Å²) in [5.74, 6) is -0.926. The van der Waals surface area contributed by atoms with Crippen molar-refractivity contribution < 1.29 is 36.0 Å². The van der Waals surface area contributed by atoms with E-state index >= 15 is 0 Å². The summed E-state index contributed by atoms with van der Waals surface area (Å²) in [6.07, 6.45) is -4.79. The summed E-state index contributed by atoms with van der Waals surface area (Å²) < 4.78 is 65.7. The Morgan fingerprint density at radius 2 is 1.76 bits per heavy atom. The van der Waals surface area contributed by atoms with E-state index in [4.69, 9.17) is 4.84 Å². The van der Waals surface area contributed by atoms with Crippen LogP contribution in [0.3, 0.4) is 0 Å². The SMILES string of the molecule is CON(C)S(=O)(=O)c1cccc(C(=O)NC(C)c2ccc(OC(F)(F)F)cc2)c1. The molecule has 0 aliphatic rings. The Morgan fingerprint density at radius 3 is 2.31 bits per heavy atom. The number of hydroxylamine groups is 1. The average molecular weight is 432 g/mol. The molecule has 0 aliphatic carbocycles. The van der Waals surface area contributed by atoms with Crippen molar-refractivity contribution in [1.29, 1.82) is 0 Å². The molecule has 0 heterocycles. The van der Waals surface area contributed by atoms with Crippen LogP contribution < -0.4 is 10.1 Å². The van der Waals surface area contributed by atoms with Crippen LogP contribution in [0.4, 0.5) is 13.2 Å². The van der Waals surface area contributed by atoms with Crippen LogP contribution in [-0.2, 0) is 14.9 Å². The molecule has 0 spiro atoms. The Kier molecular flexibility index (Phi) is 6.88. The highest BCUT2D eigenvalue weighted by atomic mass is 32.2. The highest BCUT2D eigenvalue weighted by Crippen LogP contribution is 2.24. The summed E-state index contributed by atoms with van der Waals surface area (Å²) in [5, 5.41) is 2.66. The predicted octanol–water partition coefficient (Wildman–Crippen LogP) is 3.26. The van der Waals surface area contributed by atoms with Gasteiger partial charge in [0, 0.05) is 12.6 Å². The molecule has 158 valence electrons. The van der Waals surface area contributed by atoms with E-state index in [1.165, 1.54) is 50.6 Å². The molecule has 0 bridgehead atoms. The Bertz CT molecular complexity index is 962. The number of nitrogens with zero attached hydrogens (tertiary/aromatic N) is 1. The van der Waals surface area contributed by atoms with Crippen LogP contribution in [0.1, 0.15) is 28.9 Å². The number of nitrogens with one attached hydrogen (secondary N) is 1. The minimum Gasteiger partial charge on any atom is -0.406 e. The van der Waals surface area contributed by atoms with Gasteiger partial charge in [0.05, 0.1) is 18.0 Å². The average Bonchev–Trinajstić information content (AvgIpc) is 2.66. The molecular formula is C18H19F3N2O5S. The first-order valence-corrected chi connectivity index (χ1v) is 9.67. The third kappa shape index (κ3) is 5.92. The molecule has 2 aromatic rings. The largest absolute Gasteiger partial charge is 0.573 e. The maximum Gasteiger partial charge on any atom is 0.573 e. The lowest BCUT2D eigenvalue weighted by Gasteiger charge is -2.17. The molecular weight excluding hydrogens is 413 g/mol. The topological polar surface area (TPSA) is 84.9 Å². The van der Waals surface area contributed by atoms with Gasteiger partial charge in [0.25, 0.3) is 15.9 Å². The minimum absolute atomic E-state index is 0.0967. The second-order valence-electron chi connectivity index (χ2n) is 5.94. The van der Waals surface area contributed by atoms with E-state index in [9.17, 15) is 26.4 Å². The number of rotatable bonds is 7. The molecule has 11 heteroatoms. The van der Waals surface area contributed by atoms with E-state index in [0.29, 0.717) is 10.0 Å². The number of hydrogen-bond acceptors (Lipinski definition) is 5. The lowest BCUT2D eigenvalue weighted by atomic mass is 10.1. The van der Waals surface area contributed by atoms with Gasteiger partial charge in [0.1, 0.15) is 5.75 Å². The molecule has 2 rings (SSSR count). The number of benzene rings is 2. The van der Waals surface area contributed by atoms with Gasteiger partial charge in [-0.15, -0.1) is 13.2 Å². The first-order chi connectivity index (χ1) is 13.4. The molecule has 1 N–H and O–H groups in total. The van der Waals surface area contributed by atoms with Crippen LogP contribution in [0.5, 0.6) is 5.75 Å². The van der Waals surface area contributed by atoms with Crippen LogP contribution >= 0.6 is 0 Å². The molecule has 0 aromatic heterocycles. The van der Waals surface area contributed by atoms with Gasteiger partial charge in [-0.25, -0.2) is 8.42 Å². The molecule has 0 radical (unpaired) electrons. The number of halogens is 3. The summed E-state index contributed by atoms with van der Waals surface area (Å²) in [6.45, 7) is 1.64. The highest BCUT2D eigenvalue weighted by molar-refractivity contribution is 7.89. The number of carbonyl (C=O) groups excluding carboxylic acids is 1. The molecule has 0 fully saturated rings. The van der Waals surface area contributed by atoms with Crippen molar-refractivity contribution in [1.82, 2.24) is 9.79 Å². The Morgan fingerprint density at radius 1 is 1.14 bits per heavy atom. The summed E-state index contributed by atoms with van der Waals surface area (Å²) >= 11 is 0. The fourth-order valence-corrected chi connectivity index (χ4v) is 3.39. The second-order valence-corrected chi connectivity index (χ2v) is 7.87. The van der Waals surface area contributed by atoms with E-state index < -0.39 is 28.3 Å². The monoisotopic (exact) mass is 432 g/mol. The van der Waals surface area contributed by atoms with Gasteiger partial charge in [0.15, 0.2) is 0 Å². The van der Waals surface area contributed by atoms with Gasteiger partial charge in [-0.2, -0.15) is 0 Å². The zero-order valence-corrected chi connectivity index (χ0v) is 16.5. The van der Waals surface area contributed by atoms with Gasteiger partial charge in [0.2, 0.25) is 0 Å². The van der Waals surface area contributed by atoms with Crippen molar-refractivity contribution in [2.75, 3.05) is 14.2 Å². The van der Waals surface area contributed by atoms with Crippen molar-refractivity contribution in [2.45, 2.75) is 24.2 Å². The zero-order valence-electron chi connectivity index (χ0n) is 15.7. The molecule has 7 nitrogen and oxygen atoms in total. The molecule has 0 saturated carbocycles. The van der Waals surface area contributed by atoms with Gasteiger partial charge in [-0.1, -0.05) is 22.7 Å². The predicted molar refractivity (Wildman–Crippen MR) is 97.4 cm³/mol. The van der Waals surface area contributed by atoms with E-state index in [1.807, 2.05) is 0 Å². The van der Waals surface area contributed by atoms with Gasteiger partial charge in [-0.05, 0) is 42.8 Å². The van der Waals surface area contributed by atoms with Crippen LogP contribution in [0.2, 0.25) is 0 Å². The summed E-state index contributed by atoms with van der Waals surface area (Å²) in [4.78, 5) is 17.0. The number of amides is 1. The van der Waals surface area contributed by atoms with E-state index in [2.05, 4.69) is 10.1 Å². The van der Waals surface area contributed by atoms with Crippen LogP contribution in [0.25, 0.3) is 0 Å². The van der Waals surface area contributed by atoms with Gasteiger partial charge >= 0.3 is 6.36 Å². The smallest absolute Gasteiger partial charge is 0.406 e. The van der Waals surface area contributed by atoms with Crippen molar-refractivity contribution in [2.24, 2.45) is 0 Å². The summed E-state index contributed by atoms with van der Waals surface area (Å²) in [5.41, 5.74) is 0.634. The molecule has 1 atom stereocenters. The summed E-state index contributed by atoms with van der Waals surface area (Å²) in [6, 6.07) is 9.88. The van der Waals surface area contributed by atoms with Crippen molar-refractivity contribution in [3.05, 3.63) is 59.7 Å². The molecule has 1 amide bonds. The minimum atomic E-state index is -4.79. The van der Waals surface area contributed by atoms with Gasteiger partial charge < -0.3 is 10.1 Å². The summed E-state index contributed by atoms with van der Waals surface area (Å²) in [7, 11) is -1.51. The quantitative estimate of drug-likeness (QED) is 0.679. The lowest BCUT2D eigenvalue weighted by molar-refractivity contribution is -0.274. The Hall–Kier alpha value is -2.63. The maximum absolute atomic E-state index is 12.5. The highest BCUT2D eigenvalue weighted by Gasteiger charge is 2.31. The normalized spacial score (nSPS) is 13.2. The molecule has 2 aromatic carbocycles. The first-order valence-electron chi connectivity index (χ1n) is 8.23. The lowest BCUT2D eigenvalue weighted by Crippen LogP contribution is -2.28. The molecule has 29 heavy (non-hydrogen) atoms. The second kappa shape index (κ2) is 8.80. The first kappa shape index (κ1) is 22.7. The van der Waals surface area contributed by atoms with E-state index in [0.717, 1.165) is 12.1 Å². The number of carbonyl (C=O) groups is 1. The fraction of sp³-hybridized carbons (Fsp3) is 0.278. The van der Waals surface area contributed by atoms with Crippen LogP contribution in [0, 0.1) is 0 Å². The van der Waals surface area contributed by atoms with Crippen LogP contribution in [-0.4, -0.2) is 39.3 Å². The Balaban J connectivity index is 2.13. The fourth-order valence-electron chi connectivity index (χ4n) is 2.37. The maximum atomic E-state index is 12.5. The number of alkyl halides is 3. The molecule has 0 saturated heterocycles. The van der Waals surface area contributed by atoms with Crippen molar-refractivity contribution in [3.63, 3.8) is 0 Å². The number of sulfonamides is 1. The van der Waals surface area contributed by atoms with E-state index in [-0.39, 0.29) is 16.2 Å². The third-order valence-electron chi connectivity index (χ3n) is 3.95. The Labute approximate surface area is 166 Å². The number of hydrogen-bond donors (Lipinski definition) is 1. The zero-order chi connectivity index (χ0) is 21.8. The van der Waals surface area contributed by atoms with Crippen LogP contribution in [0.15, 0.2) is 53.4 Å². The third-order valence-corrected chi connectivity index (χ3v) is 5.63.